The predicted octanol–water partition coefficient (Wildman–Crippen LogP) is 0.408. The van der Waals surface area contributed by atoms with Crippen LogP contribution in [-0.4, -0.2) is 31.0 Å². The number of nitrogens with one attached hydrogen (secondary N) is 1. The summed E-state index contributed by atoms with van der Waals surface area (Å²) in [6.07, 6.45) is 0.993. The Morgan fingerprint density at radius 2 is 2.15 bits per heavy atom. The van der Waals surface area contributed by atoms with Crippen LogP contribution in [0.1, 0.15) is 30.1 Å². The molecule has 0 bridgehead atoms. The van der Waals surface area contributed by atoms with Gasteiger partial charge in [-0.15, -0.1) is 0 Å². The normalized spacial score (nSPS) is 11.7. The van der Waals surface area contributed by atoms with Crippen molar-refractivity contribution < 1.29 is 14.3 Å². The number of amides is 2. The molecule has 0 radical (unpaired) electrons. The van der Waals surface area contributed by atoms with Crippen LogP contribution in [0.2, 0.25) is 0 Å². The van der Waals surface area contributed by atoms with Gasteiger partial charge in [0.05, 0.1) is 13.0 Å². The van der Waals surface area contributed by atoms with Gasteiger partial charge < -0.3 is 21.5 Å². The first-order chi connectivity index (χ1) is 9.49. The molecule has 2 amide bonds. The molecule has 0 aliphatic carbocycles. The van der Waals surface area contributed by atoms with Gasteiger partial charge in [0.2, 0.25) is 11.8 Å². The fourth-order valence-electron chi connectivity index (χ4n) is 1.53. The largest absolute Gasteiger partial charge is 0.493 e. The van der Waals surface area contributed by atoms with Crippen molar-refractivity contribution in [3.8, 4) is 5.75 Å². The van der Waals surface area contributed by atoms with Gasteiger partial charge in [0.25, 0.3) is 0 Å². The van der Waals surface area contributed by atoms with Crippen LogP contribution in [0.15, 0.2) is 24.3 Å². The third-order valence-electron chi connectivity index (χ3n) is 2.64. The molecule has 0 aromatic heterocycles. The molecule has 0 saturated heterocycles. The van der Waals surface area contributed by atoms with Gasteiger partial charge in [-0.3, -0.25) is 9.59 Å². The van der Waals surface area contributed by atoms with Crippen LogP contribution < -0.4 is 21.5 Å². The monoisotopic (exact) mass is 279 g/mol. The number of nitrogens with two attached hydrogens (primary N) is 2. The van der Waals surface area contributed by atoms with Crippen LogP contribution in [0, 0.1) is 0 Å². The summed E-state index contributed by atoms with van der Waals surface area (Å²) in [5.41, 5.74) is 11.1. The SMILES string of the molecule is CC(N)CCNC(=O)CCOc1cccc(C(N)=O)c1. The maximum absolute atomic E-state index is 11.5. The lowest BCUT2D eigenvalue weighted by Gasteiger charge is -2.09. The minimum absolute atomic E-state index is 0.0723. The molecule has 110 valence electrons. The maximum atomic E-state index is 11.5. The highest BCUT2D eigenvalue weighted by molar-refractivity contribution is 5.93. The minimum Gasteiger partial charge on any atom is -0.493 e. The maximum Gasteiger partial charge on any atom is 0.248 e. The Morgan fingerprint density at radius 3 is 2.80 bits per heavy atom. The van der Waals surface area contributed by atoms with E-state index >= 15 is 0 Å². The number of carbonyl (C=O) groups is 2. The Hall–Kier alpha value is -2.08. The highest BCUT2D eigenvalue weighted by atomic mass is 16.5. The fraction of sp³-hybridized carbons (Fsp3) is 0.429. The molecule has 1 unspecified atom stereocenters. The number of rotatable bonds is 8. The fourth-order valence-corrected chi connectivity index (χ4v) is 1.53. The van der Waals surface area contributed by atoms with Crippen LogP contribution in [0.3, 0.4) is 0 Å². The van der Waals surface area contributed by atoms with E-state index in [1.165, 1.54) is 0 Å². The van der Waals surface area contributed by atoms with E-state index < -0.39 is 5.91 Å². The number of primary amides is 1. The Balaban J connectivity index is 2.28. The third-order valence-corrected chi connectivity index (χ3v) is 2.64. The van der Waals surface area contributed by atoms with Gasteiger partial charge in [-0.1, -0.05) is 6.07 Å². The van der Waals surface area contributed by atoms with Crippen LogP contribution in [0.25, 0.3) is 0 Å². The summed E-state index contributed by atoms with van der Waals surface area (Å²) >= 11 is 0. The van der Waals surface area contributed by atoms with Gasteiger partial charge in [0.1, 0.15) is 5.75 Å². The summed E-state index contributed by atoms with van der Waals surface area (Å²) < 4.78 is 5.40. The van der Waals surface area contributed by atoms with E-state index in [0.29, 0.717) is 17.9 Å². The van der Waals surface area contributed by atoms with E-state index in [9.17, 15) is 9.59 Å². The summed E-state index contributed by atoms with van der Waals surface area (Å²) in [6.45, 7) is 2.70. The molecular weight excluding hydrogens is 258 g/mol. The molecular formula is C14H21N3O3. The van der Waals surface area contributed by atoms with Gasteiger partial charge in [-0.05, 0) is 31.5 Å². The molecule has 5 N–H and O–H groups in total. The molecule has 0 fully saturated rings. The molecule has 0 saturated carbocycles. The topological polar surface area (TPSA) is 107 Å². The van der Waals surface area contributed by atoms with E-state index in [0.717, 1.165) is 6.42 Å². The molecule has 1 atom stereocenters. The first-order valence-electron chi connectivity index (χ1n) is 6.54. The van der Waals surface area contributed by atoms with Crippen LogP contribution >= 0.6 is 0 Å². The Kier molecular flexibility index (Phi) is 6.52. The first kappa shape index (κ1) is 16.0. The summed E-state index contributed by atoms with van der Waals surface area (Å²) in [6, 6.07) is 6.62. The second-order valence-electron chi connectivity index (χ2n) is 4.61. The molecule has 1 aromatic rings. The summed E-state index contributed by atoms with van der Waals surface area (Å²) in [4.78, 5) is 22.5. The summed E-state index contributed by atoms with van der Waals surface area (Å²) in [5.74, 6) is -0.0783. The molecule has 0 aliphatic rings. The molecule has 1 aromatic carbocycles. The average Bonchev–Trinajstić information content (AvgIpc) is 2.38. The van der Waals surface area contributed by atoms with E-state index in [2.05, 4.69) is 5.32 Å². The third kappa shape index (κ3) is 6.19. The quantitative estimate of drug-likeness (QED) is 0.640. The minimum atomic E-state index is -0.510. The number of hydrogen-bond donors (Lipinski definition) is 3. The predicted molar refractivity (Wildman–Crippen MR) is 76.3 cm³/mol. The van der Waals surface area contributed by atoms with Crippen LogP contribution in [0.5, 0.6) is 5.75 Å². The van der Waals surface area contributed by atoms with E-state index in [4.69, 9.17) is 16.2 Å². The lowest BCUT2D eigenvalue weighted by atomic mass is 10.2. The van der Waals surface area contributed by atoms with Gasteiger partial charge in [0, 0.05) is 18.2 Å². The molecule has 0 spiro atoms. The molecule has 0 heterocycles. The first-order valence-corrected chi connectivity index (χ1v) is 6.54. The summed E-state index contributed by atoms with van der Waals surface area (Å²) in [7, 11) is 0. The Labute approximate surface area is 118 Å². The summed E-state index contributed by atoms with van der Waals surface area (Å²) in [5, 5.41) is 2.76. The van der Waals surface area contributed by atoms with Crippen molar-refractivity contribution in [1.82, 2.24) is 5.32 Å². The van der Waals surface area contributed by atoms with Crippen LogP contribution in [0.4, 0.5) is 0 Å². The smallest absolute Gasteiger partial charge is 0.248 e. The van der Waals surface area contributed by atoms with Crippen molar-refractivity contribution >= 4 is 11.8 Å². The van der Waals surface area contributed by atoms with Crippen molar-refractivity contribution in [3.63, 3.8) is 0 Å². The zero-order valence-electron chi connectivity index (χ0n) is 11.6. The van der Waals surface area contributed by atoms with Crippen molar-refractivity contribution in [3.05, 3.63) is 29.8 Å². The second-order valence-corrected chi connectivity index (χ2v) is 4.61. The lowest BCUT2D eigenvalue weighted by molar-refractivity contribution is -0.121. The van der Waals surface area contributed by atoms with Gasteiger partial charge >= 0.3 is 0 Å². The standard InChI is InChI=1S/C14H21N3O3/c1-10(15)5-7-17-13(18)6-8-20-12-4-2-3-11(9-12)14(16)19/h2-4,9-10H,5-8,15H2,1H3,(H2,16,19)(H,17,18). The van der Waals surface area contributed by atoms with E-state index in [1.807, 2.05) is 6.92 Å². The lowest BCUT2D eigenvalue weighted by Crippen LogP contribution is -2.29. The van der Waals surface area contributed by atoms with Crippen molar-refractivity contribution in [2.45, 2.75) is 25.8 Å². The molecule has 0 aliphatic heterocycles. The molecule has 1 rings (SSSR count). The molecule has 6 heteroatoms. The number of hydrogen-bond acceptors (Lipinski definition) is 4. The second kappa shape index (κ2) is 8.16. The average molecular weight is 279 g/mol. The van der Waals surface area contributed by atoms with Gasteiger partial charge in [-0.25, -0.2) is 0 Å². The van der Waals surface area contributed by atoms with Gasteiger partial charge in [-0.2, -0.15) is 0 Å². The van der Waals surface area contributed by atoms with Crippen LogP contribution in [-0.2, 0) is 4.79 Å². The zero-order chi connectivity index (χ0) is 15.0. The number of benzene rings is 1. The highest BCUT2D eigenvalue weighted by Crippen LogP contribution is 2.12. The van der Waals surface area contributed by atoms with E-state index in [-0.39, 0.29) is 25.0 Å². The van der Waals surface area contributed by atoms with Crippen molar-refractivity contribution in [1.29, 1.82) is 0 Å². The van der Waals surface area contributed by atoms with Gasteiger partial charge in [0.15, 0.2) is 0 Å². The molecule has 20 heavy (non-hydrogen) atoms. The Morgan fingerprint density at radius 1 is 1.40 bits per heavy atom. The van der Waals surface area contributed by atoms with E-state index in [1.54, 1.807) is 24.3 Å². The number of carbonyl (C=O) groups excluding carboxylic acids is 2. The number of ether oxygens (including phenoxy) is 1. The van der Waals surface area contributed by atoms with Crippen molar-refractivity contribution in [2.75, 3.05) is 13.2 Å². The Bertz CT molecular complexity index is 461. The van der Waals surface area contributed by atoms with Crippen molar-refractivity contribution in [2.24, 2.45) is 11.5 Å². The zero-order valence-corrected chi connectivity index (χ0v) is 11.6. The molecule has 6 nitrogen and oxygen atoms in total. The highest BCUT2D eigenvalue weighted by Gasteiger charge is 2.04.